The molecule has 3 heteroatoms. The number of nitrogens with one attached hydrogen (secondary N) is 1. The fourth-order valence-corrected chi connectivity index (χ4v) is 1.67. The first kappa shape index (κ1) is 7.79. The molecule has 0 heterocycles. The van der Waals surface area contributed by atoms with Crippen molar-refractivity contribution in [2.45, 2.75) is 25.7 Å². The van der Waals surface area contributed by atoms with Gasteiger partial charge in [-0.3, -0.25) is 0 Å². The molecule has 0 bridgehead atoms. The van der Waals surface area contributed by atoms with Gasteiger partial charge in [0.05, 0.1) is 0 Å². The van der Waals surface area contributed by atoms with Crippen LogP contribution in [0.2, 0.25) is 0 Å². The minimum atomic E-state index is -0.881. The smallest absolute Gasteiger partial charge is 0.113 e. The van der Waals surface area contributed by atoms with E-state index in [2.05, 4.69) is 10.8 Å². The number of hydrogen-bond donors (Lipinski definition) is 1. The van der Waals surface area contributed by atoms with Gasteiger partial charge in [0.2, 0.25) is 0 Å². The summed E-state index contributed by atoms with van der Waals surface area (Å²) in [6, 6.07) is 0. The molecule has 1 aliphatic rings. The average molecular weight is 159 g/mol. The van der Waals surface area contributed by atoms with Crippen LogP contribution < -0.4 is 4.72 Å². The summed E-state index contributed by atoms with van der Waals surface area (Å²) < 4.78 is 13.6. The van der Waals surface area contributed by atoms with Gasteiger partial charge in [0.15, 0.2) is 0 Å². The molecule has 0 spiro atoms. The van der Waals surface area contributed by atoms with Gasteiger partial charge in [-0.1, -0.05) is 6.08 Å². The second-order valence-electron chi connectivity index (χ2n) is 2.53. The third-order valence-corrected chi connectivity index (χ3v) is 2.12. The van der Waals surface area contributed by atoms with Crippen LogP contribution in [0.4, 0.5) is 0 Å². The topological polar surface area (TPSA) is 29.1 Å². The van der Waals surface area contributed by atoms with Crippen molar-refractivity contribution in [3.05, 3.63) is 11.8 Å². The van der Waals surface area contributed by atoms with E-state index in [1.807, 2.05) is 0 Å². The summed E-state index contributed by atoms with van der Waals surface area (Å²) in [7, 11) is -0.881. The van der Waals surface area contributed by atoms with E-state index < -0.39 is 11.0 Å². The highest BCUT2D eigenvalue weighted by molar-refractivity contribution is 7.82. The SMILES string of the molecule is CS(=O)NC1=CCCCC1. The minimum Gasteiger partial charge on any atom is -0.310 e. The number of rotatable bonds is 2. The Kier molecular flexibility index (Phi) is 2.93. The highest BCUT2D eigenvalue weighted by atomic mass is 32.2. The van der Waals surface area contributed by atoms with Crippen molar-refractivity contribution in [2.24, 2.45) is 0 Å². The van der Waals surface area contributed by atoms with Crippen LogP contribution in [0.15, 0.2) is 11.8 Å². The summed E-state index contributed by atoms with van der Waals surface area (Å²) in [6.07, 6.45) is 8.52. The van der Waals surface area contributed by atoms with Crippen LogP contribution in [0, 0.1) is 0 Å². The molecule has 1 atom stereocenters. The normalized spacial score (nSPS) is 21.5. The van der Waals surface area contributed by atoms with E-state index in [0.29, 0.717) is 0 Å². The summed E-state index contributed by atoms with van der Waals surface area (Å²) in [4.78, 5) is 0. The van der Waals surface area contributed by atoms with Gasteiger partial charge in [-0.05, 0) is 25.7 Å². The van der Waals surface area contributed by atoms with E-state index in [1.54, 1.807) is 6.26 Å². The van der Waals surface area contributed by atoms with Crippen molar-refractivity contribution in [3.8, 4) is 0 Å². The molecule has 0 amide bonds. The lowest BCUT2D eigenvalue weighted by Crippen LogP contribution is -2.16. The predicted octanol–water partition coefficient (Wildman–Crippen LogP) is 1.33. The Balaban J connectivity index is 2.38. The maximum atomic E-state index is 10.7. The van der Waals surface area contributed by atoms with Gasteiger partial charge < -0.3 is 4.72 Å². The minimum absolute atomic E-state index is 0.881. The van der Waals surface area contributed by atoms with Crippen LogP contribution in [0.25, 0.3) is 0 Å². The van der Waals surface area contributed by atoms with Crippen molar-refractivity contribution in [2.75, 3.05) is 6.26 Å². The van der Waals surface area contributed by atoms with E-state index >= 15 is 0 Å². The molecule has 0 saturated heterocycles. The van der Waals surface area contributed by atoms with Gasteiger partial charge in [-0.2, -0.15) is 0 Å². The van der Waals surface area contributed by atoms with E-state index in [9.17, 15) is 4.21 Å². The summed E-state index contributed by atoms with van der Waals surface area (Å²) >= 11 is 0. The summed E-state index contributed by atoms with van der Waals surface area (Å²) in [5.41, 5.74) is 1.16. The highest BCUT2D eigenvalue weighted by Gasteiger charge is 2.02. The van der Waals surface area contributed by atoms with E-state index in [0.717, 1.165) is 18.5 Å². The van der Waals surface area contributed by atoms with E-state index in [-0.39, 0.29) is 0 Å². The fourth-order valence-electron chi connectivity index (χ4n) is 1.12. The number of allylic oxidation sites excluding steroid dienone is 2. The average Bonchev–Trinajstić information content (AvgIpc) is 1.88. The maximum Gasteiger partial charge on any atom is 0.113 e. The van der Waals surface area contributed by atoms with Gasteiger partial charge >= 0.3 is 0 Å². The van der Waals surface area contributed by atoms with Crippen LogP contribution >= 0.6 is 0 Å². The lowest BCUT2D eigenvalue weighted by Gasteiger charge is -2.12. The molecule has 0 saturated carbocycles. The lowest BCUT2D eigenvalue weighted by molar-refractivity contribution is 0.662. The Morgan fingerprint density at radius 3 is 2.90 bits per heavy atom. The lowest BCUT2D eigenvalue weighted by atomic mass is 10.1. The summed E-state index contributed by atoms with van der Waals surface area (Å²) in [5, 5.41) is 0. The largest absolute Gasteiger partial charge is 0.310 e. The molecule has 0 aromatic rings. The Labute approximate surface area is 64.3 Å². The molecule has 2 nitrogen and oxygen atoms in total. The molecule has 1 rings (SSSR count). The van der Waals surface area contributed by atoms with Crippen molar-refractivity contribution in [1.82, 2.24) is 4.72 Å². The number of hydrogen-bond acceptors (Lipinski definition) is 1. The van der Waals surface area contributed by atoms with Crippen molar-refractivity contribution in [3.63, 3.8) is 0 Å². The van der Waals surface area contributed by atoms with Gasteiger partial charge in [-0.15, -0.1) is 0 Å². The Hall–Kier alpha value is -0.310. The van der Waals surface area contributed by atoms with Crippen LogP contribution in [-0.2, 0) is 11.0 Å². The first-order valence-corrected chi connectivity index (χ1v) is 5.14. The summed E-state index contributed by atoms with van der Waals surface area (Å²) in [5.74, 6) is 0. The van der Waals surface area contributed by atoms with Crippen LogP contribution in [0.1, 0.15) is 25.7 Å². The molecule has 58 valence electrons. The van der Waals surface area contributed by atoms with Gasteiger partial charge in [0.1, 0.15) is 11.0 Å². The molecule has 1 unspecified atom stereocenters. The first-order valence-electron chi connectivity index (χ1n) is 3.58. The molecular weight excluding hydrogens is 146 g/mol. The second-order valence-corrected chi connectivity index (χ2v) is 3.64. The molecule has 1 aliphatic carbocycles. The monoisotopic (exact) mass is 159 g/mol. The van der Waals surface area contributed by atoms with E-state index in [1.165, 1.54) is 12.8 Å². The van der Waals surface area contributed by atoms with Crippen molar-refractivity contribution >= 4 is 11.0 Å². The standard InChI is InChI=1S/C7H13NOS/c1-10(9)8-7-5-3-2-4-6-7/h5,8H,2-4,6H2,1H3. The second kappa shape index (κ2) is 3.76. The van der Waals surface area contributed by atoms with Crippen LogP contribution in [0.5, 0.6) is 0 Å². The Morgan fingerprint density at radius 2 is 2.40 bits per heavy atom. The zero-order chi connectivity index (χ0) is 7.40. The zero-order valence-corrected chi connectivity index (χ0v) is 7.04. The van der Waals surface area contributed by atoms with Crippen LogP contribution in [0.3, 0.4) is 0 Å². The molecule has 1 N–H and O–H groups in total. The third-order valence-electron chi connectivity index (χ3n) is 1.57. The Morgan fingerprint density at radius 1 is 1.60 bits per heavy atom. The first-order chi connectivity index (χ1) is 4.79. The maximum absolute atomic E-state index is 10.7. The van der Waals surface area contributed by atoms with Gasteiger partial charge in [-0.25, -0.2) is 4.21 Å². The quantitative estimate of drug-likeness (QED) is 0.647. The molecule has 0 radical (unpaired) electrons. The molecular formula is C7H13NOS. The van der Waals surface area contributed by atoms with Gasteiger partial charge in [0, 0.05) is 12.0 Å². The molecule has 0 fully saturated rings. The van der Waals surface area contributed by atoms with Crippen molar-refractivity contribution in [1.29, 1.82) is 0 Å². The van der Waals surface area contributed by atoms with Gasteiger partial charge in [0.25, 0.3) is 0 Å². The van der Waals surface area contributed by atoms with Crippen molar-refractivity contribution < 1.29 is 4.21 Å². The van der Waals surface area contributed by atoms with Crippen LogP contribution in [-0.4, -0.2) is 10.5 Å². The fraction of sp³-hybridized carbons (Fsp3) is 0.714. The molecule has 10 heavy (non-hydrogen) atoms. The Bertz CT molecular complexity index is 165. The highest BCUT2D eigenvalue weighted by Crippen LogP contribution is 2.14. The summed E-state index contributed by atoms with van der Waals surface area (Å²) in [6.45, 7) is 0. The molecule has 0 aromatic carbocycles. The molecule has 0 aliphatic heterocycles. The third kappa shape index (κ3) is 2.52. The van der Waals surface area contributed by atoms with E-state index in [4.69, 9.17) is 0 Å². The zero-order valence-electron chi connectivity index (χ0n) is 6.22. The predicted molar refractivity (Wildman–Crippen MR) is 43.8 cm³/mol. The molecule has 0 aromatic heterocycles.